The lowest BCUT2D eigenvalue weighted by molar-refractivity contribution is -0.384. The van der Waals surface area contributed by atoms with Crippen molar-refractivity contribution in [2.24, 2.45) is 0 Å². The normalized spacial score (nSPS) is 10.2. The largest absolute Gasteiger partial charge is 0.375 e. The van der Waals surface area contributed by atoms with Gasteiger partial charge in [0.25, 0.3) is 5.69 Å². The number of nitro benzene ring substituents is 1. The molecule has 0 atom stereocenters. The van der Waals surface area contributed by atoms with Crippen LogP contribution in [0.15, 0.2) is 41.1 Å². The van der Waals surface area contributed by atoms with Gasteiger partial charge in [-0.2, -0.15) is 0 Å². The van der Waals surface area contributed by atoms with E-state index in [1.54, 1.807) is 12.4 Å². The number of halogens is 2. The molecule has 2 rings (SSSR count). The van der Waals surface area contributed by atoms with E-state index in [0.717, 1.165) is 16.1 Å². The highest BCUT2D eigenvalue weighted by molar-refractivity contribution is 9.10. The molecule has 0 amide bonds. The standard InChI is InChI=1S/C12H9BrFN3O2/c13-9-3-8(5-15-7-9)6-16-11-2-1-10(14)4-12(11)17(18)19/h1-5,7,16H,6H2. The number of pyridine rings is 1. The minimum Gasteiger partial charge on any atom is -0.375 e. The van der Waals surface area contributed by atoms with Crippen LogP contribution in [0.2, 0.25) is 0 Å². The maximum atomic E-state index is 13.0. The van der Waals surface area contributed by atoms with Gasteiger partial charge in [-0.05, 0) is 39.7 Å². The Bertz CT molecular complexity index is 622. The Balaban J connectivity index is 2.17. The second-order valence-electron chi connectivity index (χ2n) is 3.78. The van der Waals surface area contributed by atoms with Gasteiger partial charge in [0.05, 0.1) is 11.0 Å². The van der Waals surface area contributed by atoms with Gasteiger partial charge in [0.15, 0.2) is 0 Å². The van der Waals surface area contributed by atoms with Crippen molar-refractivity contribution < 1.29 is 9.31 Å². The molecule has 1 N–H and O–H groups in total. The van der Waals surface area contributed by atoms with Crippen LogP contribution in [-0.2, 0) is 6.54 Å². The van der Waals surface area contributed by atoms with Crippen molar-refractivity contribution in [3.63, 3.8) is 0 Å². The van der Waals surface area contributed by atoms with Crippen LogP contribution < -0.4 is 5.32 Å². The molecule has 1 aromatic carbocycles. The van der Waals surface area contributed by atoms with Crippen LogP contribution in [0.4, 0.5) is 15.8 Å². The molecule has 0 unspecified atom stereocenters. The summed E-state index contributed by atoms with van der Waals surface area (Å²) in [5.41, 5.74) is 0.835. The Morgan fingerprint density at radius 1 is 1.37 bits per heavy atom. The van der Waals surface area contributed by atoms with Gasteiger partial charge < -0.3 is 5.32 Å². The number of nitrogens with one attached hydrogen (secondary N) is 1. The van der Waals surface area contributed by atoms with E-state index in [2.05, 4.69) is 26.2 Å². The second-order valence-corrected chi connectivity index (χ2v) is 4.70. The number of nitro groups is 1. The molecule has 0 aliphatic rings. The number of rotatable bonds is 4. The molecule has 0 aliphatic heterocycles. The summed E-state index contributed by atoms with van der Waals surface area (Å²) in [5.74, 6) is -0.638. The van der Waals surface area contributed by atoms with Gasteiger partial charge in [0.2, 0.25) is 0 Å². The highest BCUT2D eigenvalue weighted by Gasteiger charge is 2.14. The SMILES string of the molecule is O=[N+]([O-])c1cc(F)ccc1NCc1cncc(Br)c1. The van der Waals surface area contributed by atoms with E-state index < -0.39 is 10.7 Å². The molecular formula is C12H9BrFN3O2. The zero-order valence-electron chi connectivity index (χ0n) is 9.64. The summed E-state index contributed by atoms with van der Waals surface area (Å²) in [6, 6.07) is 5.25. The van der Waals surface area contributed by atoms with E-state index >= 15 is 0 Å². The van der Waals surface area contributed by atoms with Crippen LogP contribution in [0.25, 0.3) is 0 Å². The van der Waals surface area contributed by atoms with E-state index in [1.807, 2.05) is 6.07 Å². The van der Waals surface area contributed by atoms with Crippen LogP contribution in [0.5, 0.6) is 0 Å². The number of aromatic nitrogens is 1. The summed E-state index contributed by atoms with van der Waals surface area (Å²) in [6.45, 7) is 0.360. The van der Waals surface area contributed by atoms with Crippen LogP contribution >= 0.6 is 15.9 Å². The first kappa shape index (κ1) is 13.4. The molecule has 0 spiro atoms. The predicted molar refractivity (Wildman–Crippen MR) is 72.3 cm³/mol. The first-order valence-electron chi connectivity index (χ1n) is 5.33. The number of hydrogen-bond acceptors (Lipinski definition) is 4. The fraction of sp³-hybridized carbons (Fsp3) is 0.0833. The van der Waals surface area contributed by atoms with Gasteiger partial charge in [-0.15, -0.1) is 0 Å². The first-order chi connectivity index (χ1) is 9.06. The van der Waals surface area contributed by atoms with Crippen LogP contribution in [-0.4, -0.2) is 9.91 Å². The van der Waals surface area contributed by atoms with Gasteiger partial charge in [0.1, 0.15) is 11.5 Å². The van der Waals surface area contributed by atoms with Gasteiger partial charge in [-0.25, -0.2) is 4.39 Å². The summed E-state index contributed by atoms with van der Waals surface area (Å²) in [5, 5.41) is 13.7. The molecule has 0 saturated carbocycles. The van der Waals surface area contributed by atoms with E-state index in [0.29, 0.717) is 6.54 Å². The number of nitrogens with zero attached hydrogens (tertiary/aromatic N) is 2. The second kappa shape index (κ2) is 5.75. The average molecular weight is 326 g/mol. The van der Waals surface area contributed by atoms with Gasteiger partial charge in [-0.3, -0.25) is 15.1 Å². The third-order valence-corrected chi connectivity index (χ3v) is 2.83. The molecule has 98 valence electrons. The van der Waals surface area contributed by atoms with Crippen molar-refractivity contribution in [1.29, 1.82) is 0 Å². The summed E-state index contributed by atoms with van der Waals surface area (Å²) in [4.78, 5) is 14.2. The predicted octanol–water partition coefficient (Wildman–Crippen LogP) is 3.50. The Hall–Kier alpha value is -2.02. The van der Waals surface area contributed by atoms with E-state index in [9.17, 15) is 14.5 Å². The van der Waals surface area contributed by atoms with Gasteiger partial charge in [0, 0.05) is 23.4 Å². The summed E-state index contributed by atoms with van der Waals surface area (Å²) < 4.78 is 13.8. The fourth-order valence-corrected chi connectivity index (χ4v) is 1.97. The molecule has 0 fully saturated rings. The van der Waals surface area contributed by atoms with E-state index in [4.69, 9.17) is 0 Å². The molecule has 5 nitrogen and oxygen atoms in total. The molecule has 1 heterocycles. The Kier molecular flexibility index (Phi) is 4.06. The molecule has 7 heteroatoms. The molecule has 19 heavy (non-hydrogen) atoms. The topological polar surface area (TPSA) is 68.1 Å². The molecule has 0 aliphatic carbocycles. The molecule has 2 aromatic rings. The zero-order valence-corrected chi connectivity index (χ0v) is 11.2. The third-order valence-electron chi connectivity index (χ3n) is 2.40. The highest BCUT2D eigenvalue weighted by Crippen LogP contribution is 2.25. The van der Waals surface area contributed by atoms with Gasteiger partial charge in [-0.1, -0.05) is 0 Å². The Morgan fingerprint density at radius 3 is 2.84 bits per heavy atom. The first-order valence-corrected chi connectivity index (χ1v) is 6.13. The highest BCUT2D eigenvalue weighted by atomic mass is 79.9. The van der Waals surface area contributed by atoms with Crippen molar-refractivity contribution in [3.8, 4) is 0 Å². The smallest absolute Gasteiger partial charge is 0.295 e. The summed E-state index contributed by atoms with van der Waals surface area (Å²) in [6.07, 6.45) is 3.29. The zero-order chi connectivity index (χ0) is 13.8. The molecular weight excluding hydrogens is 317 g/mol. The van der Waals surface area contributed by atoms with E-state index in [-0.39, 0.29) is 11.4 Å². The monoisotopic (exact) mass is 325 g/mol. The van der Waals surface area contributed by atoms with Crippen molar-refractivity contribution in [3.05, 3.63) is 62.6 Å². The lowest BCUT2D eigenvalue weighted by atomic mass is 10.2. The molecule has 0 bridgehead atoms. The summed E-state index contributed by atoms with van der Waals surface area (Å²) in [7, 11) is 0. The molecule has 1 aromatic heterocycles. The van der Waals surface area contributed by atoms with Crippen LogP contribution in [0.3, 0.4) is 0 Å². The molecule has 0 radical (unpaired) electrons. The van der Waals surface area contributed by atoms with Crippen molar-refractivity contribution in [1.82, 2.24) is 4.98 Å². The minimum atomic E-state index is -0.638. The maximum Gasteiger partial charge on any atom is 0.295 e. The maximum absolute atomic E-state index is 13.0. The lowest BCUT2D eigenvalue weighted by Gasteiger charge is -2.07. The lowest BCUT2D eigenvalue weighted by Crippen LogP contribution is -2.03. The van der Waals surface area contributed by atoms with Gasteiger partial charge >= 0.3 is 0 Å². The average Bonchev–Trinajstić information content (AvgIpc) is 2.37. The van der Waals surface area contributed by atoms with Crippen molar-refractivity contribution in [2.45, 2.75) is 6.54 Å². The quantitative estimate of drug-likeness (QED) is 0.690. The summed E-state index contributed by atoms with van der Waals surface area (Å²) >= 11 is 3.29. The fourth-order valence-electron chi connectivity index (χ4n) is 1.56. The Morgan fingerprint density at radius 2 is 2.16 bits per heavy atom. The number of hydrogen-bond donors (Lipinski definition) is 1. The number of benzene rings is 1. The number of anilines is 1. The third kappa shape index (κ3) is 3.47. The Labute approximate surface area is 116 Å². The minimum absolute atomic E-state index is 0.270. The van der Waals surface area contributed by atoms with Crippen LogP contribution in [0, 0.1) is 15.9 Å². The van der Waals surface area contributed by atoms with Crippen molar-refractivity contribution in [2.75, 3.05) is 5.32 Å². The van der Waals surface area contributed by atoms with Crippen LogP contribution in [0.1, 0.15) is 5.56 Å². The van der Waals surface area contributed by atoms with Crippen molar-refractivity contribution >= 4 is 27.3 Å². The van der Waals surface area contributed by atoms with E-state index in [1.165, 1.54) is 12.1 Å². The molecule has 0 saturated heterocycles.